The average Bonchev–Trinajstić information content (AvgIpc) is 2.94. The lowest BCUT2D eigenvalue weighted by molar-refractivity contribution is 0.0814. The first kappa shape index (κ1) is 15.3. The summed E-state index contributed by atoms with van der Waals surface area (Å²) in [7, 11) is 0. The third-order valence-corrected chi connectivity index (χ3v) is 4.44. The van der Waals surface area contributed by atoms with Crippen molar-refractivity contribution in [1.29, 1.82) is 0 Å². The zero-order valence-electron chi connectivity index (χ0n) is 13.9. The van der Waals surface area contributed by atoms with Crippen molar-refractivity contribution in [3.05, 3.63) is 76.1 Å². The highest BCUT2D eigenvalue weighted by Gasteiger charge is 2.38. The fourth-order valence-electron chi connectivity index (χ4n) is 3.39. The Morgan fingerprint density at radius 1 is 0.760 bits per heavy atom. The molecule has 0 radical (unpaired) electrons. The summed E-state index contributed by atoms with van der Waals surface area (Å²) in [6.45, 7) is 3.76. The normalized spacial score (nSPS) is 13.1. The van der Waals surface area contributed by atoms with Crippen molar-refractivity contribution in [2.75, 3.05) is 0 Å². The first-order valence-corrected chi connectivity index (χ1v) is 8.13. The number of hydrogen-bond donors (Lipinski definition) is 0. The lowest BCUT2D eigenvalue weighted by Crippen LogP contribution is -2.29. The van der Waals surface area contributed by atoms with Crippen LogP contribution in [0, 0.1) is 0 Å². The Labute approximate surface area is 144 Å². The number of ketones is 2. The summed E-state index contributed by atoms with van der Waals surface area (Å²) in [5.74, 6) is -1.36. The van der Waals surface area contributed by atoms with Crippen LogP contribution in [-0.4, -0.2) is 20.9 Å². The van der Waals surface area contributed by atoms with E-state index in [2.05, 4.69) is 0 Å². The third-order valence-electron chi connectivity index (χ3n) is 4.44. The molecule has 1 aromatic heterocycles. The summed E-state index contributed by atoms with van der Waals surface area (Å²) in [6, 6.07) is 16.2. The summed E-state index contributed by atoms with van der Waals surface area (Å²) in [5, 5.41) is 0. The number of carbonyl (C=O) groups excluding carboxylic acids is 2. The maximum Gasteiger partial charge on any atom is 0.279 e. The summed E-state index contributed by atoms with van der Waals surface area (Å²) in [4.78, 5) is 38.1. The third kappa shape index (κ3) is 2.05. The van der Waals surface area contributed by atoms with Crippen LogP contribution in [0.15, 0.2) is 59.4 Å². The van der Waals surface area contributed by atoms with Gasteiger partial charge in [-0.3, -0.25) is 14.4 Å². The molecule has 5 heteroatoms. The molecular formula is C20H16N2O3. The van der Waals surface area contributed by atoms with Gasteiger partial charge >= 0.3 is 0 Å². The van der Waals surface area contributed by atoms with Gasteiger partial charge in [0, 0.05) is 17.2 Å². The van der Waals surface area contributed by atoms with Gasteiger partial charge in [-0.2, -0.15) is 0 Å². The Morgan fingerprint density at radius 2 is 1.36 bits per heavy atom. The minimum Gasteiger partial charge on any atom is -0.285 e. The molecule has 0 saturated heterocycles. The largest absolute Gasteiger partial charge is 0.285 e. The Kier molecular flexibility index (Phi) is 3.32. The fourth-order valence-corrected chi connectivity index (χ4v) is 3.39. The van der Waals surface area contributed by atoms with Crippen molar-refractivity contribution in [1.82, 2.24) is 9.36 Å². The number of hydrogen-bond acceptors (Lipinski definition) is 3. The van der Waals surface area contributed by atoms with Crippen LogP contribution >= 0.6 is 0 Å². The van der Waals surface area contributed by atoms with Gasteiger partial charge in [-0.05, 0) is 26.0 Å². The van der Waals surface area contributed by atoms with Crippen molar-refractivity contribution in [3.63, 3.8) is 0 Å². The minimum atomic E-state index is -0.734. The molecule has 0 N–H and O–H groups in total. The summed E-state index contributed by atoms with van der Waals surface area (Å²) < 4.78 is 3.29. The first-order chi connectivity index (χ1) is 12.0. The van der Waals surface area contributed by atoms with E-state index < -0.39 is 17.1 Å². The van der Waals surface area contributed by atoms with Crippen molar-refractivity contribution in [2.45, 2.75) is 19.9 Å². The van der Waals surface area contributed by atoms with Gasteiger partial charge in [0.1, 0.15) is 5.56 Å². The predicted molar refractivity (Wildman–Crippen MR) is 94.5 cm³/mol. The lowest BCUT2D eigenvalue weighted by Gasteiger charge is -2.20. The molecular weight excluding hydrogens is 316 g/mol. The molecule has 1 heterocycles. The highest BCUT2D eigenvalue weighted by atomic mass is 16.2. The van der Waals surface area contributed by atoms with Crippen molar-refractivity contribution < 1.29 is 9.59 Å². The molecule has 1 aliphatic rings. The van der Waals surface area contributed by atoms with Crippen LogP contribution in [0.25, 0.3) is 16.9 Å². The fraction of sp³-hybridized carbons (Fsp3) is 0.150. The van der Waals surface area contributed by atoms with Crippen LogP contribution in [0.4, 0.5) is 0 Å². The van der Waals surface area contributed by atoms with E-state index in [1.54, 1.807) is 28.9 Å². The van der Waals surface area contributed by atoms with Crippen LogP contribution in [0.1, 0.15) is 40.6 Å². The highest BCUT2D eigenvalue weighted by Crippen LogP contribution is 2.34. The molecule has 0 spiro atoms. The molecule has 1 aliphatic carbocycles. The van der Waals surface area contributed by atoms with E-state index in [0.29, 0.717) is 16.8 Å². The van der Waals surface area contributed by atoms with Crippen molar-refractivity contribution in [3.8, 4) is 16.9 Å². The smallest absolute Gasteiger partial charge is 0.279 e. The van der Waals surface area contributed by atoms with E-state index in [1.165, 1.54) is 4.68 Å². The average molecular weight is 332 g/mol. The van der Waals surface area contributed by atoms with Gasteiger partial charge in [-0.1, -0.05) is 42.5 Å². The number of nitrogens with zero attached hydrogens (tertiary/aromatic N) is 2. The van der Waals surface area contributed by atoms with E-state index in [-0.39, 0.29) is 11.6 Å². The van der Waals surface area contributed by atoms with Gasteiger partial charge in [-0.25, -0.2) is 9.36 Å². The van der Waals surface area contributed by atoms with Gasteiger partial charge in [0.25, 0.3) is 5.56 Å². The van der Waals surface area contributed by atoms with Crippen LogP contribution < -0.4 is 5.56 Å². The summed E-state index contributed by atoms with van der Waals surface area (Å²) in [5.41, 5.74) is 1.74. The molecule has 0 atom stereocenters. The van der Waals surface area contributed by atoms with Gasteiger partial charge in [0.15, 0.2) is 0 Å². The predicted octanol–water partition coefficient (Wildman–Crippen LogP) is 3.27. The van der Waals surface area contributed by atoms with Crippen LogP contribution in [0.5, 0.6) is 0 Å². The second-order valence-corrected chi connectivity index (χ2v) is 6.32. The molecule has 0 fully saturated rings. The summed E-state index contributed by atoms with van der Waals surface area (Å²) in [6.07, 6.45) is 0. The molecule has 2 aromatic carbocycles. The molecule has 124 valence electrons. The van der Waals surface area contributed by atoms with Gasteiger partial charge in [0.05, 0.1) is 11.4 Å². The number of Topliss-reactive ketones (excluding diaryl/α,β-unsaturated/α-hetero) is 2. The van der Waals surface area contributed by atoms with E-state index in [0.717, 1.165) is 5.69 Å². The zero-order chi connectivity index (χ0) is 17.7. The van der Waals surface area contributed by atoms with Crippen molar-refractivity contribution >= 4 is 11.6 Å². The molecule has 0 amide bonds. The topological polar surface area (TPSA) is 61.1 Å². The lowest BCUT2D eigenvalue weighted by atomic mass is 9.88. The van der Waals surface area contributed by atoms with E-state index in [1.807, 2.05) is 44.2 Å². The SMILES string of the molecule is CC(C)n1c(=O)c2c(n1-c1ccccc1)-c1ccccc1C(=O)C2=O. The minimum absolute atomic E-state index is 0.0405. The first-order valence-electron chi connectivity index (χ1n) is 8.13. The van der Waals surface area contributed by atoms with Crippen LogP contribution in [-0.2, 0) is 0 Å². The van der Waals surface area contributed by atoms with Gasteiger partial charge in [-0.15, -0.1) is 0 Å². The van der Waals surface area contributed by atoms with Crippen LogP contribution in [0.2, 0.25) is 0 Å². The molecule has 0 aliphatic heterocycles. The second kappa shape index (κ2) is 5.41. The van der Waals surface area contributed by atoms with E-state index in [4.69, 9.17) is 0 Å². The molecule has 0 unspecified atom stereocenters. The Hall–Kier alpha value is -3.21. The van der Waals surface area contributed by atoms with E-state index in [9.17, 15) is 14.4 Å². The molecule has 25 heavy (non-hydrogen) atoms. The highest BCUT2D eigenvalue weighted by molar-refractivity contribution is 6.52. The van der Waals surface area contributed by atoms with Crippen molar-refractivity contribution in [2.24, 2.45) is 0 Å². The Morgan fingerprint density at radius 3 is 2.00 bits per heavy atom. The molecule has 0 bridgehead atoms. The second-order valence-electron chi connectivity index (χ2n) is 6.32. The Bertz CT molecular complexity index is 1070. The number of fused-ring (bicyclic) bond motifs is 3. The van der Waals surface area contributed by atoms with Gasteiger partial charge in [0.2, 0.25) is 11.6 Å². The molecule has 3 aromatic rings. The number of aromatic nitrogens is 2. The van der Waals surface area contributed by atoms with Crippen LogP contribution in [0.3, 0.4) is 0 Å². The maximum atomic E-state index is 13.0. The number of carbonyl (C=O) groups is 2. The summed E-state index contributed by atoms with van der Waals surface area (Å²) >= 11 is 0. The number of rotatable bonds is 2. The maximum absolute atomic E-state index is 13.0. The van der Waals surface area contributed by atoms with Gasteiger partial charge < -0.3 is 0 Å². The monoisotopic (exact) mass is 332 g/mol. The Balaban J connectivity index is 2.20. The molecule has 5 nitrogen and oxygen atoms in total. The van der Waals surface area contributed by atoms with E-state index >= 15 is 0 Å². The quantitative estimate of drug-likeness (QED) is 0.677. The number of benzene rings is 2. The molecule has 0 saturated carbocycles. The standard InChI is InChI=1S/C20H16N2O3/c1-12(2)21-20(25)16-17(22(21)13-8-4-3-5-9-13)14-10-6-7-11-15(14)18(23)19(16)24/h3-12H,1-2H3. The molecule has 4 rings (SSSR count). The number of para-hydroxylation sites is 1. The zero-order valence-corrected chi connectivity index (χ0v) is 13.9.